The summed E-state index contributed by atoms with van der Waals surface area (Å²) in [6.45, 7) is 6.02. The third-order valence-corrected chi connectivity index (χ3v) is 4.08. The van der Waals surface area contributed by atoms with Gasteiger partial charge in [0.1, 0.15) is 5.75 Å². The van der Waals surface area contributed by atoms with Crippen LogP contribution in [0, 0.1) is 0 Å². The molecule has 1 saturated heterocycles. The number of halogens is 1. The van der Waals surface area contributed by atoms with Gasteiger partial charge in [0.15, 0.2) is 0 Å². The molecule has 0 saturated carbocycles. The first-order valence-electron chi connectivity index (χ1n) is 7.54. The number of benzene rings is 1. The van der Waals surface area contributed by atoms with Crippen LogP contribution in [0.5, 0.6) is 5.75 Å². The van der Waals surface area contributed by atoms with Crippen molar-refractivity contribution in [2.24, 2.45) is 5.73 Å². The molecule has 1 fully saturated rings. The lowest BCUT2D eigenvalue weighted by atomic mass is 10.1. The molecule has 128 valence electrons. The monoisotopic (exact) mass is 341 g/mol. The summed E-state index contributed by atoms with van der Waals surface area (Å²) in [6, 6.07) is 7.08. The number of nitrogens with one attached hydrogen (secondary N) is 1. The van der Waals surface area contributed by atoms with E-state index >= 15 is 0 Å². The van der Waals surface area contributed by atoms with Gasteiger partial charge in [-0.15, -0.1) is 12.4 Å². The number of nitrogens with zero attached hydrogens (tertiary/aromatic N) is 1. The minimum absolute atomic E-state index is 0. The van der Waals surface area contributed by atoms with E-state index in [9.17, 15) is 9.59 Å². The molecule has 2 atom stereocenters. The van der Waals surface area contributed by atoms with E-state index in [-0.39, 0.29) is 24.4 Å². The zero-order valence-electron chi connectivity index (χ0n) is 13.5. The van der Waals surface area contributed by atoms with Crippen LogP contribution in [0.4, 0.5) is 0 Å². The van der Waals surface area contributed by atoms with Crippen molar-refractivity contribution in [3.8, 4) is 5.75 Å². The van der Waals surface area contributed by atoms with Crippen molar-refractivity contribution in [2.75, 3.05) is 19.7 Å². The lowest BCUT2D eigenvalue weighted by molar-refractivity contribution is -0.135. The summed E-state index contributed by atoms with van der Waals surface area (Å²) in [4.78, 5) is 25.1. The first-order chi connectivity index (χ1) is 10.5. The second-order valence-corrected chi connectivity index (χ2v) is 5.56. The smallest absolute Gasteiger partial charge is 0.248 e. The van der Waals surface area contributed by atoms with E-state index in [1.54, 1.807) is 24.3 Å². The molecule has 2 amide bonds. The molecule has 2 unspecified atom stereocenters. The Balaban J connectivity index is 0.00000264. The minimum Gasteiger partial charge on any atom is -0.493 e. The highest BCUT2D eigenvalue weighted by Crippen LogP contribution is 2.14. The zero-order chi connectivity index (χ0) is 16.1. The Kier molecular flexibility index (Phi) is 7.32. The molecule has 1 aliphatic heterocycles. The number of piperazine rings is 1. The van der Waals surface area contributed by atoms with Gasteiger partial charge in [0.05, 0.1) is 13.0 Å². The highest BCUT2D eigenvalue weighted by atomic mass is 35.5. The van der Waals surface area contributed by atoms with Crippen molar-refractivity contribution in [3.05, 3.63) is 29.8 Å². The first-order valence-corrected chi connectivity index (χ1v) is 7.54. The SMILES string of the molecule is CC1NCCN(C(=O)CCOc2ccc(C(N)=O)cc2)C1C.Cl. The largest absolute Gasteiger partial charge is 0.493 e. The summed E-state index contributed by atoms with van der Waals surface area (Å²) in [5.41, 5.74) is 5.61. The van der Waals surface area contributed by atoms with Gasteiger partial charge in [0, 0.05) is 30.7 Å². The van der Waals surface area contributed by atoms with Crippen LogP contribution in [-0.4, -0.2) is 48.5 Å². The van der Waals surface area contributed by atoms with Crippen molar-refractivity contribution in [3.63, 3.8) is 0 Å². The molecule has 2 rings (SSSR count). The number of hydrogen-bond donors (Lipinski definition) is 2. The van der Waals surface area contributed by atoms with E-state index in [0.29, 0.717) is 30.4 Å². The number of nitrogens with two attached hydrogens (primary N) is 1. The molecule has 1 aromatic carbocycles. The molecule has 3 N–H and O–H groups in total. The normalized spacial score (nSPS) is 20.5. The first kappa shape index (κ1) is 19.3. The minimum atomic E-state index is -0.469. The number of carbonyl (C=O) groups is 2. The van der Waals surface area contributed by atoms with Gasteiger partial charge in [-0.05, 0) is 38.1 Å². The van der Waals surface area contributed by atoms with Crippen LogP contribution in [0.25, 0.3) is 0 Å². The molecule has 0 radical (unpaired) electrons. The maximum absolute atomic E-state index is 12.2. The van der Waals surface area contributed by atoms with Gasteiger partial charge in [-0.3, -0.25) is 9.59 Å². The van der Waals surface area contributed by atoms with Gasteiger partial charge < -0.3 is 20.7 Å². The standard InChI is InChI=1S/C16H23N3O3.ClH/c1-11-12(2)19(9-8-18-11)15(20)7-10-22-14-5-3-13(4-6-14)16(17)21;/h3-6,11-12,18H,7-10H2,1-2H3,(H2,17,21);1H. The average Bonchev–Trinajstić information content (AvgIpc) is 2.50. The highest BCUT2D eigenvalue weighted by Gasteiger charge is 2.27. The number of carbonyl (C=O) groups excluding carboxylic acids is 2. The molecule has 0 aromatic heterocycles. The maximum atomic E-state index is 12.2. The number of primary amides is 1. The predicted molar refractivity (Wildman–Crippen MR) is 91.0 cm³/mol. The molecule has 0 bridgehead atoms. The van der Waals surface area contributed by atoms with E-state index < -0.39 is 5.91 Å². The molecular formula is C16H24ClN3O3. The summed E-state index contributed by atoms with van der Waals surface area (Å²) in [7, 11) is 0. The quantitative estimate of drug-likeness (QED) is 0.842. The van der Waals surface area contributed by atoms with Crippen LogP contribution >= 0.6 is 12.4 Å². The fourth-order valence-electron chi connectivity index (χ4n) is 2.52. The Labute approximate surface area is 142 Å². The summed E-state index contributed by atoms with van der Waals surface area (Å²) >= 11 is 0. The zero-order valence-corrected chi connectivity index (χ0v) is 14.3. The summed E-state index contributed by atoms with van der Waals surface area (Å²) in [5.74, 6) is 0.262. The van der Waals surface area contributed by atoms with E-state index in [1.807, 2.05) is 4.90 Å². The van der Waals surface area contributed by atoms with Crippen LogP contribution in [-0.2, 0) is 4.79 Å². The van der Waals surface area contributed by atoms with Gasteiger partial charge in [-0.1, -0.05) is 0 Å². The van der Waals surface area contributed by atoms with Gasteiger partial charge >= 0.3 is 0 Å². The van der Waals surface area contributed by atoms with E-state index in [1.165, 1.54) is 0 Å². The van der Waals surface area contributed by atoms with Gasteiger partial charge in [-0.2, -0.15) is 0 Å². The van der Waals surface area contributed by atoms with Gasteiger partial charge in [-0.25, -0.2) is 0 Å². The number of amides is 2. The molecular weight excluding hydrogens is 318 g/mol. The lowest BCUT2D eigenvalue weighted by Gasteiger charge is -2.38. The highest BCUT2D eigenvalue weighted by molar-refractivity contribution is 5.92. The molecule has 7 heteroatoms. The topological polar surface area (TPSA) is 84.7 Å². The van der Waals surface area contributed by atoms with E-state index in [0.717, 1.165) is 13.1 Å². The second-order valence-electron chi connectivity index (χ2n) is 5.56. The van der Waals surface area contributed by atoms with Crippen LogP contribution in [0.3, 0.4) is 0 Å². The Morgan fingerprint density at radius 2 is 1.96 bits per heavy atom. The summed E-state index contributed by atoms with van der Waals surface area (Å²) in [5, 5.41) is 3.35. The van der Waals surface area contributed by atoms with Crippen LogP contribution < -0.4 is 15.8 Å². The number of hydrogen-bond acceptors (Lipinski definition) is 4. The molecule has 1 aliphatic rings. The van der Waals surface area contributed by atoms with Gasteiger partial charge in [0.2, 0.25) is 11.8 Å². The van der Waals surface area contributed by atoms with Crippen LogP contribution in [0.1, 0.15) is 30.6 Å². The van der Waals surface area contributed by atoms with Crippen molar-refractivity contribution < 1.29 is 14.3 Å². The molecule has 23 heavy (non-hydrogen) atoms. The van der Waals surface area contributed by atoms with Crippen molar-refractivity contribution in [2.45, 2.75) is 32.4 Å². The third-order valence-electron chi connectivity index (χ3n) is 4.08. The molecule has 6 nitrogen and oxygen atoms in total. The third kappa shape index (κ3) is 5.11. The fraction of sp³-hybridized carbons (Fsp3) is 0.500. The Morgan fingerprint density at radius 3 is 2.57 bits per heavy atom. The van der Waals surface area contributed by atoms with Crippen LogP contribution in [0.15, 0.2) is 24.3 Å². The van der Waals surface area contributed by atoms with Crippen molar-refractivity contribution in [1.82, 2.24) is 10.2 Å². The maximum Gasteiger partial charge on any atom is 0.248 e. The molecule has 1 aromatic rings. The predicted octanol–water partition coefficient (Wildman–Crippen LogP) is 1.18. The second kappa shape index (κ2) is 8.74. The Morgan fingerprint density at radius 1 is 1.30 bits per heavy atom. The van der Waals surface area contributed by atoms with Gasteiger partial charge in [0.25, 0.3) is 0 Å². The number of ether oxygens (including phenoxy) is 1. The number of rotatable bonds is 5. The lowest BCUT2D eigenvalue weighted by Crippen LogP contribution is -2.57. The van der Waals surface area contributed by atoms with Crippen molar-refractivity contribution in [1.29, 1.82) is 0 Å². The molecule has 1 heterocycles. The summed E-state index contributed by atoms with van der Waals surface area (Å²) < 4.78 is 5.55. The average molecular weight is 342 g/mol. The molecule has 0 aliphatic carbocycles. The van der Waals surface area contributed by atoms with Crippen molar-refractivity contribution >= 4 is 24.2 Å². The Hall–Kier alpha value is -1.79. The fourth-order valence-corrected chi connectivity index (χ4v) is 2.52. The molecule has 0 spiro atoms. The Bertz CT molecular complexity index is 536. The van der Waals surface area contributed by atoms with Crippen LogP contribution in [0.2, 0.25) is 0 Å². The summed E-state index contributed by atoms with van der Waals surface area (Å²) in [6.07, 6.45) is 0.342. The van der Waals surface area contributed by atoms with E-state index in [2.05, 4.69) is 19.2 Å². The van der Waals surface area contributed by atoms with E-state index in [4.69, 9.17) is 10.5 Å².